The van der Waals surface area contributed by atoms with E-state index in [0.717, 1.165) is 24.6 Å². The molecule has 1 aliphatic rings. The van der Waals surface area contributed by atoms with Gasteiger partial charge < -0.3 is 5.11 Å². The molecule has 2 rings (SSSR count). The number of benzene rings is 1. The summed E-state index contributed by atoms with van der Waals surface area (Å²) in [4.78, 5) is 12.8. The van der Waals surface area contributed by atoms with Gasteiger partial charge in [0.15, 0.2) is 0 Å². The molecule has 1 saturated heterocycles. The molecule has 5 heteroatoms. The highest BCUT2D eigenvalue weighted by Crippen LogP contribution is 2.30. The number of nitrogens with zero attached hydrogens (tertiary/aromatic N) is 1. The average molecular weight is 255 g/mol. The van der Waals surface area contributed by atoms with Crippen LogP contribution in [0.15, 0.2) is 18.2 Å². The van der Waals surface area contributed by atoms with Gasteiger partial charge >= 0.3 is 5.97 Å². The van der Waals surface area contributed by atoms with E-state index in [4.69, 9.17) is 5.11 Å². The maximum Gasteiger partial charge on any atom is 0.320 e. The van der Waals surface area contributed by atoms with Crippen LogP contribution < -0.4 is 0 Å². The van der Waals surface area contributed by atoms with Crippen LogP contribution in [0.5, 0.6) is 0 Å². The second kappa shape index (κ2) is 5.02. The molecule has 1 heterocycles. The predicted molar refractivity (Wildman–Crippen MR) is 62.1 cm³/mol. The minimum atomic E-state index is -0.906. The highest BCUT2D eigenvalue weighted by atomic mass is 19.1. The molecule has 0 bridgehead atoms. The van der Waals surface area contributed by atoms with Crippen molar-refractivity contribution in [2.24, 2.45) is 0 Å². The van der Waals surface area contributed by atoms with E-state index in [2.05, 4.69) is 0 Å². The molecule has 0 spiro atoms. The molecule has 0 amide bonds. The van der Waals surface area contributed by atoms with Crippen molar-refractivity contribution >= 4 is 5.97 Å². The van der Waals surface area contributed by atoms with Crippen LogP contribution in [0, 0.1) is 11.6 Å². The van der Waals surface area contributed by atoms with Crippen LogP contribution in [0.3, 0.4) is 0 Å². The van der Waals surface area contributed by atoms with Crippen molar-refractivity contribution in [3.05, 3.63) is 35.4 Å². The van der Waals surface area contributed by atoms with E-state index < -0.39 is 29.7 Å². The molecule has 98 valence electrons. The van der Waals surface area contributed by atoms with Crippen molar-refractivity contribution in [1.82, 2.24) is 4.90 Å². The standard InChI is InChI=1S/C13H15F2NO2/c1-8(10-7-9(14)4-5-11(10)15)16-6-2-3-12(16)13(17)18/h4-5,7-8,12H,2-3,6H2,1H3,(H,17,18). The van der Waals surface area contributed by atoms with Crippen LogP contribution in [-0.2, 0) is 4.79 Å². The van der Waals surface area contributed by atoms with Gasteiger partial charge in [-0.05, 0) is 44.5 Å². The second-order valence-corrected chi connectivity index (χ2v) is 4.58. The van der Waals surface area contributed by atoms with Crippen molar-refractivity contribution < 1.29 is 18.7 Å². The smallest absolute Gasteiger partial charge is 0.320 e. The Hall–Kier alpha value is -1.49. The van der Waals surface area contributed by atoms with E-state index in [1.807, 2.05) is 0 Å². The number of carboxylic acid groups (broad SMARTS) is 1. The Bertz CT molecular complexity index is 464. The average Bonchev–Trinajstić information content (AvgIpc) is 2.80. The van der Waals surface area contributed by atoms with Gasteiger partial charge in [0.2, 0.25) is 0 Å². The molecule has 1 aromatic carbocycles. The lowest BCUT2D eigenvalue weighted by molar-refractivity contribution is -0.142. The molecular formula is C13H15F2NO2. The van der Waals surface area contributed by atoms with Gasteiger partial charge in [0.05, 0.1) is 0 Å². The zero-order chi connectivity index (χ0) is 13.3. The molecule has 18 heavy (non-hydrogen) atoms. The topological polar surface area (TPSA) is 40.5 Å². The lowest BCUT2D eigenvalue weighted by Gasteiger charge is -2.28. The number of halogens is 2. The first-order valence-electron chi connectivity index (χ1n) is 5.94. The summed E-state index contributed by atoms with van der Waals surface area (Å²) in [5, 5.41) is 9.09. The maximum atomic E-state index is 13.7. The Morgan fingerprint density at radius 1 is 1.50 bits per heavy atom. The van der Waals surface area contributed by atoms with Gasteiger partial charge in [-0.25, -0.2) is 8.78 Å². The lowest BCUT2D eigenvalue weighted by atomic mass is 10.0. The first kappa shape index (κ1) is 13.0. The van der Waals surface area contributed by atoms with Gasteiger partial charge in [-0.15, -0.1) is 0 Å². The minimum Gasteiger partial charge on any atom is -0.480 e. The highest BCUT2D eigenvalue weighted by molar-refractivity contribution is 5.73. The minimum absolute atomic E-state index is 0.211. The van der Waals surface area contributed by atoms with Crippen LogP contribution in [0.25, 0.3) is 0 Å². The van der Waals surface area contributed by atoms with Gasteiger partial charge in [0, 0.05) is 11.6 Å². The molecule has 0 aromatic heterocycles. The Morgan fingerprint density at radius 2 is 2.22 bits per heavy atom. The van der Waals surface area contributed by atoms with Gasteiger partial charge in [-0.1, -0.05) is 0 Å². The zero-order valence-electron chi connectivity index (χ0n) is 10.1. The number of carboxylic acids is 1. The van der Waals surface area contributed by atoms with Gasteiger partial charge in [0.25, 0.3) is 0 Å². The second-order valence-electron chi connectivity index (χ2n) is 4.58. The van der Waals surface area contributed by atoms with E-state index in [9.17, 15) is 13.6 Å². The van der Waals surface area contributed by atoms with E-state index in [-0.39, 0.29) is 5.56 Å². The van der Waals surface area contributed by atoms with E-state index in [1.54, 1.807) is 11.8 Å². The summed E-state index contributed by atoms with van der Waals surface area (Å²) in [5.41, 5.74) is 0.211. The third-order valence-electron chi connectivity index (χ3n) is 3.48. The van der Waals surface area contributed by atoms with Gasteiger partial charge in [-0.2, -0.15) is 0 Å². The molecule has 0 aliphatic carbocycles. The van der Waals surface area contributed by atoms with Crippen LogP contribution in [-0.4, -0.2) is 28.6 Å². The Balaban J connectivity index is 2.27. The molecule has 1 aliphatic heterocycles. The lowest BCUT2D eigenvalue weighted by Crippen LogP contribution is -2.38. The first-order chi connectivity index (χ1) is 8.50. The van der Waals surface area contributed by atoms with Gasteiger partial charge in [0.1, 0.15) is 17.7 Å². The van der Waals surface area contributed by atoms with Crippen LogP contribution in [0.4, 0.5) is 8.78 Å². The van der Waals surface area contributed by atoms with E-state index in [0.29, 0.717) is 13.0 Å². The highest BCUT2D eigenvalue weighted by Gasteiger charge is 2.34. The van der Waals surface area contributed by atoms with Crippen molar-refractivity contribution in [3.63, 3.8) is 0 Å². The third kappa shape index (κ3) is 2.36. The van der Waals surface area contributed by atoms with Crippen LogP contribution in [0.1, 0.15) is 31.4 Å². The normalized spacial score (nSPS) is 22.1. The molecule has 2 unspecified atom stereocenters. The fourth-order valence-electron chi connectivity index (χ4n) is 2.53. The summed E-state index contributed by atoms with van der Waals surface area (Å²) in [6, 6.07) is 2.22. The predicted octanol–water partition coefficient (Wildman–Crippen LogP) is 2.57. The number of hydrogen-bond acceptors (Lipinski definition) is 2. The summed E-state index contributed by atoms with van der Waals surface area (Å²) >= 11 is 0. The number of aliphatic carboxylic acids is 1. The fraction of sp³-hybridized carbons (Fsp3) is 0.462. The number of rotatable bonds is 3. The van der Waals surface area contributed by atoms with Crippen molar-refractivity contribution in [2.45, 2.75) is 31.8 Å². The quantitative estimate of drug-likeness (QED) is 0.902. The maximum absolute atomic E-state index is 13.7. The largest absolute Gasteiger partial charge is 0.480 e. The molecule has 0 radical (unpaired) electrons. The molecule has 0 saturated carbocycles. The third-order valence-corrected chi connectivity index (χ3v) is 3.48. The Morgan fingerprint density at radius 3 is 2.89 bits per heavy atom. The number of likely N-dealkylation sites (tertiary alicyclic amines) is 1. The summed E-state index contributed by atoms with van der Waals surface area (Å²) in [6.45, 7) is 2.30. The molecular weight excluding hydrogens is 240 g/mol. The van der Waals surface area contributed by atoms with E-state index in [1.165, 1.54) is 0 Å². The molecule has 1 fully saturated rings. The van der Waals surface area contributed by atoms with Crippen molar-refractivity contribution in [1.29, 1.82) is 0 Å². The van der Waals surface area contributed by atoms with Crippen molar-refractivity contribution in [2.75, 3.05) is 6.54 Å². The first-order valence-corrected chi connectivity index (χ1v) is 5.94. The molecule has 2 atom stereocenters. The van der Waals surface area contributed by atoms with Gasteiger partial charge in [-0.3, -0.25) is 9.69 Å². The van der Waals surface area contributed by atoms with Crippen LogP contribution in [0.2, 0.25) is 0 Å². The summed E-state index contributed by atoms with van der Waals surface area (Å²) in [5.74, 6) is -1.92. The fourth-order valence-corrected chi connectivity index (χ4v) is 2.53. The SMILES string of the molecule is CC(c1cc(F)ccc1F)N1CCCC1C(=O)O. The van der Waals surface area contributed by atoms with E-state index >= 15 is 0 Å². The summed E-state index contributed by atoms with van der Waals surface area (Å²) < 4.78 is 26.8. The molecule has 1 N–H and O–H groups in total. The Kier molecular flexibility index (Phi) is 3.61. The number of carbonyl (C=O) groups is 1. The molecule has 3 nitrogen and oxygen atoms in total. The zero-order valence-corrected chi connectivity index (χ0v) is 10.1. The van der Waals surface area contributed by atoms with Crippen molar-refractivity contribution in [3.8, 4) is 0 Å². The summed E-state index contributed by atoms with van der Waals surface area (Å²) in [7, 11) is 0. The molecule has 1 aromatic rings. The summed E-state index contributed by atoms with van der Waals surface area (Å²) in [6.07, 6.45) is 1.31. The Labute approximate surface area is 104 Å². The monoisotopic (exact) mass is 255 g/mol. The number of hydrogen-bond donors (Lipinski definition) is 1. The van der Waals surface area contributed by atoms with Crippen LogP contribution >= 0.6 is 0 Å².